The summed E-state index contributed by atoms with van der Waals surface area (Å²) in [6, 6.07) is 8.06. The zero-order chi connectivity index (χ0) is 13.9. The van der Waals surface area contributed by atoms with E-state index in [1.807, 2.05) is 18.2 Å². The largest absolute Gasteiger partial charge is 0.395 e. The summed E-state index contributed by atoms with van der Waals surface area (Å²) >= 11 is 0. The van der Waals surface area contributed by atoms with Gasteiger partial charge >= 0.3 is 0 Å². The Hall–Kier alpha value is -0.650. The summed E-state index contributed by atoms with van der Waals surface area (Å²) in [4.78, 5) is 17.2. The Labute approximate surface area is 144 Å². The van der Waals surface area contributed by atoms with Gasteiger partial charge in [0.25, 0.3) is 0 Å². The third-order valence-corrected chi connectivity index (χ3v) is 4.54. The maximum Gasteiger partial charge on any atom is 0.180 e. The van der Waals surface area contributed by atoms with Crippen LogP contribution >= 0.6 is 24.8 Å². The standard InChI is InChI=1S/C16H22N2O2.2ClH/c19-12-11-17-7-9-18(10-8-17)15-6-5-13-3-1-2-4-14(13)16(15)20;;/h1-4,15,19H,5-12H2;2*1H. The number of aryl methyl sites for hydroxylation is 1. The Morgan fingerprint density at radius 2 is 1.77 bits per heavy atom. The molecule has 0 aromatic heterocycles. The lowest BCUT2D eigenvalue weighted by atomic mass is 9.86. The van der Waals surface area contributed by atoms with Gasteiger partial charge in [-0.05, 0) is 18.4 Å². The highest BCUT2D eigenvalue weighted by atomic mass is 35.5. The van der Waals surface area contributed by atoms with Gasteiger partial charge in [-0.3, -0.25) is 14.6 Å². The fourth-order valence-corrected chi connectivity index (χ4v) is 3.37. The van der Waals surface area contributed by atoms with Crippen LogP contribution in [-0.4, -0.2) is 66.1 Å². The second-order valence-corrected chi connectivity index (χ2v) is 5.68. The molecular formula is C16H24Cl2N2O2. The van der Waals surface area contributed by atoms with Crippen LogP contribution in [0.3, 0.4) is 0 Å². The number of nitrogens with zero attached hydrogens (tertiary/aromatic N) is 2. The first kappa shape index (κ1) is 19.4. The maximum absolute atomic E-state index is 12.6. The zero-order valence-corrected chi connectivity index (χ0v) is 14.2. The zero-order valence-electron chi connectivity index (χ0n) is 12.6. The van der Waals surface area contributed by atoms with Crippen molar-refractivity contribution in [3.05, 3.63) is 35.4 Å². The maximum atomic E-state index is 12.6. The number of rotatable bonds is 3. The number of fused-ring (bicyclic) bond motifs is 1. The van der Waals surface area contributed by atoms with Crippen LogP contribution in [0.15, 0.2) is 24.3 Å². The van der Waals surface area contributed by atoms with Crippen molar-refractivity contribution in [3.8, 4) is 0 Å². The molecule has 1 aliphatic carbocycles. The molecule has 1 aromatic carbocycles. The van der Waals surface area contributed by atoms with Crippen molar-refractivity contribution in [1.29, 1.82) is 0 Å². The van der Waals surface area contributed by atoms with Crippen LogP contribution in [0, 0.1) is 0 Å². The molecule has 1 N–H and O–H groups in total. The number of hydrogen-bond donors (Lipinski definition) is 1. The number of piperazine rings is 1. The van der Waals surface area contributed by atoms with Crippen molar-refractivity contribution in [2.24, 2.45) is 0 Å². The summed E-state index contributed by atoms with van der Waals surface area (Å²) in [6.07, 6.45) is 1.94. The molecule has 1 saturated heterocycles. The summed E-state index contributed by atoms with van der Waals surface area (Å²) in [5.74, 6) is 0.294. The molecule has 1 aliphatic heterocycles. The normalized spacial score (nSPS) is 22.4. The Morgan fingerprint density at radius 1 is 1.09 bits per heavy atom. The van der Waals surface area contributed by atoms with Crippen LogP contribution < -0.4 is 0 Å². The summed E-state index contributed by atoms with van der Waals surface area (Å²) in [5.41, 5.74) is 2.12. The average Bonchev–Trinajstić information content (AvgIpc) is 2.49. The molecule has 1 fully saturated rings. The average molecular weight is 347 g/mol. The van der Waals surface area contributed by atoms with Crippen LogP contribution in [0.5, 0.6) is 0 Å². The fraction of sp³-hybridized carbons (Fsp3) is 0.562. The van der Waals surface area contributed by atoms with Gasteiger partial charge in [-0.1, -0.05) is 24.3 Å². The molecule has 1 aromatic rings. The summed E-state index contributed by atoms with van der Waals surface area (Å²) < 4.78 is 0. The molecule has 124 valence electrons. The fourth-order valence-electron chi connectivity index (χ4n) is 3.37. The van der Waals surface area contributed by atoms with E-state index >= 15 is 0 Å². The highest BCUT2D eigenvalue weighted by Crippen LogP contribution is 2.25. The second kappa shape index (κ2) is 8.85. The van der Waals surface area contributed by atoms with E-state index in [0.717, 1.165) is 51.1 Å². The molecule has 0 spiro atoms. The van der Waals surface area contributed by atoms with Gasteiger partial charge in [-0.15, -0.1) is 24.8 Å². The predicted octanol–water partition coefficient (Wildman–Crippen LogP) is 1.64. The highest BCUT2D eigenvalue weighted by Gasteiger charge is 2.33. The van der Waals surface area contributed by atoms with E-state index in [2.05, 4.69) is 15.9 Å². The van der Waals surface area contributed by atoms with Gasteiger partial charge in [-0.25, -0.2) is 0 Å². The number of aliphatic hydroxyl groups excluding tert-OH is 1. The van der Waals surface area contributed by atoms with Crippen molar-refractivity contribution in [3.63, 3.8) is 0 Å². The van der Waals surface area contributed by atoms with Crippen LogP contribution in [0.2, 0.25) is 0 Å². The minimum atomic E-state index is 0. The molecule has 1 atom stereocenters. The molecular weight excluding hydrogens is 323 g/mol. The molecule has 1 unspecified atom stereocenters. The Morgan fingerprint density at radius 3 is 2.45 bits per heavy atom. The number of benzene rings is 1. The first-order valence-electron chi connectivity index (χ1n) is 7.49. The number of ketones is 1. The highest BCUT2D eigenvalue weighted by molar-refractivity contribution is 6.02. The van der Waals surface area contributed by atoms with Gasteiger partial charge in [0.2, 0.25) is 0 Å². The lowest BCUT2D eigenvalue weighted by Gasteiger charge is -2.40. The van der Waals surface area contributed by atoms with Crippen molar-refractivity contribution in [1.82, 2.24) is 9.80 Å². The third kappa shape index (κ3) is 4.00. The molecule has 3 rings (SSSR count). The molecule has 2 aliphatic rings. The molecule has 1 heterocycles. The monoisotopic (exact) mass is 346 g/mol. The number of aliphatic hydroxyl groups is 1. The van der Waals surface area contributed by atoms with E-state index < -0.39 is 0 Å². The van der Waals surface area contributed by atoms with Gasteiger partial charge in [0, 0.05) is 38.3 Å². The Bertz CT molecular complexity index is 491. The third-order valence-electron chi connectivity index (χ3n) is 4.54. The van der Waals surface area contributed by atoms with Crippen molar-refractivity contribution < 1.29 is 9.90 Å². The van der Waals surface area contributed by atoms with Crippen LogP contribution in [0.1, 0.15) is 22.3 Å². The second-order valence-electron chi connectivity index (χ2n) is 5.68. The Kier molecular flexibility index (Phi) is 7.80. The first-order valence-corrected chi connectivity index (χ1v) is 7.49. The van der Waals surface area contributed by atoms with Crippen LogP contribution in [0.25, 0.3) is 0 Å². The summed E-state index contributed by atoms with van der Waals surface area (Å²) in [7, 11) is 0. The molecule has 22 heavy (non-hydrogen) atoms. The van der Waals surface area contributed by atoms with Crippen molar-refractivity contribution in [2.75, 3.05) is 39.3 Å². The predicted molar refractivity (Wildman–Crippen MR) is 92.5 cm³/mol. The topological polar surface area (TPSA) is 43.8 Å². The van der Waals surface area contributed by atoms with Crippen molar-refractivity contribution >= 4 is 30.6 Å². The molecule has 0 amide bonds. The number of halogens is 2. The molecule has 0 saturated carbocycles. The SMILES string of the molecule is Cl.Cl.O=C1c2ccccc2CCC1N1CCN(CCO)CC1. The smallest absolute Gasteiger partial charge is 0.180 e. The van der Waals surface area contributed by atoms with Crippen LogP contribution in [-0.2, 0) is 6.42 Å². The Balaban J connectivity index is 0.00000121. The number of Topliss-reactive ketones (excluding diaryl/α,β-unsaturated/α-hetero) is 1. The van der Waals surface area contributed by atoms with Gasteiger partial charge in [0.05, 0.1) is 12.6 Å². The van der Waals surface area contributed by atoms with E-state index in [9.17, 15) is 4.79 Å². The van der Waals surface area contributed by atoms with E-state index in [0.29, 0.717) is 5.78 Å². The number of carbonyl (C=O) groups is 1. The lowest BCUT2D eigenvalue weighted by Crippen LogP contribution is -2.54. The number of carbonyl (C=O) groups excluding carboxylic acids is 1. The van der Waals surface area contributed by atoms with E-state index in [4.69, 9.17) is 5.11 Å². The molecule has 0 radical (unpaired) electrons. The molecule has 6 heteroatoms. The molecule has 0 bridgehead atoms. The first-order chi connectivity index (χ1) is 9.79. The van der Waals surface area contributed by atoms with Gasteiger partial charge in [0.15, 0.2) is 5.78 Å². The minimum Gasteiger partial charge on any atom is -0.395 e. The van der Waals surface area contributed by atoms with Crippen LogP contribution in [0.4, 0.5) is 0 Å². The summed E-state index contributed by atoms with van der Waals surface area (Å²) in [6.45, 7) is 4.72. The van der Waals surface area contributed by atoms with Gasteiger partial charge < -0.3 is 5.11 Å². The quantitative estimate of drug-likeness (QED) is 0.903. The lowest BCUT2D eigenvalue weighted by molar-refractivity contribution is 0.0594. The summed E-state index contributed by atoms with van der Waals surface area (Å²) in [5, 5.41) is 8.98. The van der Waals surface area contributed by atoms with E-state index in [1.54, 1.807) is 0 Å². The van der Waals surface area contributed by atoms with E-state index in [-0.39, 0.29) is 37.5 Å². The van der Waals surface area contributed by atoms with E-state index in [1.165, 1.54) is 5.56 Å². The minimum absolute atomic E-state index is 0. The number of hydrogen-bond acceptors (Lipinski definition) is 4. The molecule has 4 nitrogen and oxygen atoms in total. The van der Waals surface area contributed by atoms with Gasteiger partial charge in [0.1, 0.15) is 0 Å². The van der Waals surface area contributed by atoms with Gasteiger partial charge in [-0.2, -0.15) is 0 Å². The number of β-amino-alcohol motifs (C(OH)–C–C–N with tert-alkyl or cyclic N) is 1. The van der Waals surface area contributed by atoms with Crippen molar-refractivity contribution in [2.45, 2.75) is 18.9 Å².